The van der Waals surface area contributed by atoms with Crippen molar-refractivity contribution in [2.75, 3.05) is 0 Å². The summed E-state index contributed by atoms with van der Waals surface area (Å²) in [5.41, 5.74) is 2.72. The van der Waals surface area contributed by atoms with E-state index >= 15 is 0 Å². The van der Waals surface area contributed by atoms with Gasteiger partial charge in [-0.2, -0.15) is 8.78 Å². The summed E-state index contributed by atoms with van der Waals surface area (Å²) in [5, 5.41) is 0. The molecule has 0 N–H and O–H groups in total. The molecule has 1 unspecified atom stereocenters. The van der Waals surface area contributed by atoms with E-state index in [-0.39, 0.29) is 11.3 Å². The fourth-order valence-electron chi connectivity index (χ4n) is 4.02. The number of hydrogen-bond donors (Lipinski definition) is 0. The molecule has 1 aromatic carbocycles. The van der Waals surface area contributed by atoms with Crippen LogP contribution < -0.4 is 0 Å². The SMILES string of the molecule is CC1(C2CCC(C=C(F)F)CC2)C=CC(c2ccccc2)=CC1. The molecule has 2 aliphatic carbocycles. The summed E-state index contributed by atoms with van der Waals surface area (Å²) >= 11 is 0. The van der Waals surface area contributed by atoms with E-state index in [0.717, 1.165) is 38.2 Å². The number of hydrogen-bond acceptors (Lipinski definition) is 0. The van der Waals surface area contributed by atoms with Crippen molar-refractivity contribution in [1.82, 2.24) is 0 Å². The van der Waals surface area contributed by atoms with Crippen molar-refractivity contribution in [3.8, 4) is 0 Å². The van der Waals surface area contributed by atoms with Crippen molar-refractivity contribution in [3.63, 3.8) is 0 Å². The Labute approximate surface area is 137 Å². The summed E-state index contributed by atoms with van der Waals surface area (Å²) in [6.45, 7) is 2.32. The summed E-state index contributed by atoms with van der Waals surface area (Å²) in [5.74, 6) is 0.669. The van der Waals surface area contributed by atoms with E-state index in [1.807, 2.05) is 6.07 Å². The molecular formula is C21H24F2. The molecular weight excluding hydrogens is 290 g/mol. The summed E-state index contributed by atoms with van der Waals surface area (Å²) in [6, 6.07) is 10.4. The van der Waals surface area contributed by atoms with Gasteiger partial charge >= 0.3 is 0 Å². The van der Waals surface area contributed by atoms with Crippen LogP contribution >= 0.6 is 0 Å². The Morgan fingerprint density at radius 3 is 2.35 bits per heavy atom. The Morgan fingerprint density at radius 1 is 1.09 bits per heavy atom. The van der Waals surface area contributed by atoms with Crippen LogP contribution in [0.25, 0.3) is 5.57 Å². The van der Waals surface area contributed by atoms with Crippen molar-refractivity contribution < 1.29 is 8.78 Å². The van der Waals surface area contributed by atoms with Crippen LogP contribution in [0.1, 0.15) is 44.6 Å². The minimum atomic E-state index is -1.52. The molecule has 0 aromatic heterocycles. The first-order valence-corrected chi connectivity index (χ1v) is 8.54. The fourth-order valence-corrected chi connectivity index (χ4v) is 4.02. The molecule has 2 aliphatic rings. The van der Waals surface area contributed by atoms with Gasteiger partial charge < -0.3 is 0 Å². The third-order valence-corrected chi connectivity index (χ3v) is 5.58. The average molecular weight is 314 g/mol. The lowest BCUT2D eigenvalue weighted by Crippen LogP contribution is -2.29. The highest BCUT2D eigenvalue weighted by Crippen LogP contribution is 2.46. The van der Waals surface area contributed by atoms with Crippen molar-refractivity contribution in [2.24, 2.45) is 17.3 Å². The Balaban J connectivity index is 1.64. The Hall–Kier alpha value is -1.70. The second-order valence-corrected chi connectivity index (χ2v) is 7.14. The summed E-state index contributed by atoms with van der Waals surface area (Å²) in [4.78, 5) is 0. The quantitative estimate of drug-likeness (QED) is 0.588. The fraction of sp³-hybridized carbons (Fsp3) is 0.429. The molecule has 0 aliphatic heterocycles. The molecule has 122 valence electrons. The van der Waals surface area contributed by atoms with Crippen LogP contribution in [0.5, 0.6) is 0 Å². The van der Waals surface area contributed by atoms with Gasteiger partial charge in [-0.3, -0.25) is 0 Å². The second kappa shape index (κ2) is 6.82. The molecule has 0 amide bonds. The first-order valence-electron chi connectivity index (χ1n) is 8.54. The van der Waals surface area contributed by atoms with E-state index in [0.29, 0.717) is 5.92 Å². The van der Waals surface area contributed by atoms with Gasteiger partial charge in [0.25, 0.3) is 6.08 Å². The van der Waals surface area contributed by atoms with Crippen LogP contribution in [0, 0.1) is 17.3 Å². The standard InChI is InChI=1S/C21H24F2/c1-21(19-9-7-16(8-10-19)15-20(22)23)13-11-18(12-14-21)17-5-3-2-4-6-17/h2-6,11-13,15-16,19H,7-10,14H2,1H3. The third kappa shape index (κ3) is 3.80. The Kier molecular flexibility index (Phi) is 4.79. The Bertz CT molecular complexity index is 615. The minimum absolute atomic E-state index is 0.0721. The topological polar surface area (TPSA) is 0 Å². The van der Waals surface area contributed by atoms with E-state index in [9.17, 15) is 8.78 Å². The molecule has 0 bridgehead atoms. The van der Waals surface area contributed by atoms with Crippen LogP contribution in [0.2, 0.25) is 0 Å². The summed E-state index contributed by atoms with van der Waals surface area (Å²) in [7, 11) is 0. The molecule has 1 atom stereocenters. The van der Waals surface area contributed by atoms with E-state index < -0.39 is 6.08 Å². The van der Waals surface area contributed by atoms with Gasteiger partial charge in [-0.05, 0) is 66.6 Å². The van der Waals surface area contributed by atoms with Gasteiger partial charge in [0.05, 0.1) is 0 Å². The second-order valence-electron chi connectivity index (χ2n) is 7.14. The maximum absolute atomic E-state index is 12.4. The minimum Gasteiger partial charge on any atom is -0.174 e. The lowest BCUT2D eigenvalue weighted by molar-refractivity contribution is 0.172. The molecule has 2 heteroatoms. The maximum atomic E-state index is 12.4. The highest BCUT2D eigenvalue weighted by molar-refractivity contribution is 5.75. The van der Waals surface area contributed by atoms with Crippen LogP contribution in [0.3, 0.4) is 0 Å². The molecule has 0 heterocycles. The van der Waals surface area contributed by atoms with Crippen LogP contribution in [-0.4, -0.2) is 0 Å². The maximum Gasteiger partial charge on any atom is 0.266 e. The van der Waals surface area contributed by atoms with Gasteiger partial charge in [0, 0.05) is 0 Å². The van der Waals surface area contributed by atoms with Gasteiger partial charge in [0.15, 0.2) is 0 Å². The van der Waals surface area contributed by atoms with Gasteiger partial charge in [-0.25, -0.2) is 0 Å². The highest BCUT2D eigenvalue weighted by atomic mass is 19.3. The van der Waals surface area contributed by atoms with Gasteiger partial charge in [0.2, 0.25) is 0 Å². The number of rotatable bonds is 3. The zero-order chi connectivity index (χ0) is 16.3. The van der Waals surface area contributed by atoms with Gasteiger partial charge in [-0.15, -0.1) is 0 Å². The highest BCUT2D eigenvalue weighted by Gasteiger charge is 2.35. The lowest BCUT2D eigenvalue weighted by atomic mass is 9.64. The van der Waals surface area contributed by atoms with Gasteiger partial charge in [-0.1, -0.05) is 55.5 Å². The number of halogens is 2. The van der Waals surface area contributed by atoms with E-state index in [1.165, 1.54) is 11.1 Å². The molecule has 0 nitrogen and oxygen atoms in total. The van der Waals surface area contributed by atoms with Crippen LogP contribution in [0.15, 0.2) is 60.7 Å². The third-order valence-electron chi connectivity index (χ3n) is 5.58. The predicted molar refractivity (Wildman–Crippen MR) is 92.0 cm³/mol. The number of allylic oxidation sites excluding steroid dienone is 5. The molecule has 23 heavy (non-hydrogen) atoms. The van der Waals surface area contributed by atoms with Crippen molar-refractivity contribution in [1.29, 1.82) is 0 Å². The van der Waals surface area contributed by atoms with Crippen molar-refractivity contribution >= 4 is 5.57 Å². The Morgan fingerprint density at radius 2 is 1.78 bits per heavy atom. The molecule has 1 saturated carbocycles. The van der Waals surface area contributed by atoms with Crippen molar-refractivity contribution in [2.45, 2.75) is 39.0 Å². The zero-order valence-corrected chi connectivity index (χ0v) is 13.6. The van der Waals surface area contributed by atoms with Crippen molar-refractivity contribution in [3.05, 3.63) is 66.3 Å². The summed E-state index contributed by atoms with van der Waals surface area (Å²) in [6.07, 6.45) is 11.5. The first kappa shape index (κ1) is 16.2. The summed E-state index contributed by atoms with van der Waals surface area (Å²) < 4.78 is 24.8. The first-order chi connectivity index (χ1) is 11.1. The average Bonchev–Trinajstić information content (AvgIpc) is 2.56. The molecule has 0 saturated heterocycles. The predicted octanol–water partition coefficient (Wildman–Crippen LogP) is 6.62. The van der Waals surface area contributed by atoms with E-state index in [2.05, 4.69) is 49.4 Å². The van der Waals surface area contributed by atoms with Crippen LogP contribution in [0.4, 0.5) is 8.78 Å². The number of benzene rings is 1. The van der Waals surface area contributed by atoms with E-state index in [4.69, 9.17) is 0 Å². The molecule has 0 spiro atoms. The largest absolute Gasteiger partial charge is 0.266 e. The molecule has 0 radical (unpaired) electrons. The normalized spacial score (nSPS) is 30.7. The van der Waals surface area contributed by atoms with Crippen LogP contribution in [-0.2, 0) is 0 Å². The zero-order valence-electron chi connectivity index (χ0n) is 13.6. The molecule has 3 rings (SSSR count). The van der Waals surface area contributed by atoms with Gasteiger partial charge in [0.1, 0.15) is 0 Å². The smallest absolute Gasteiger partial charge is 0.174 e. The van der Waals surface area contributed by atoms with E-state index in [1.54, 1.807) is 0 Å². The lowest BCUT2D eigenvalue weighted by Gasteiger charge is -2.40. The monoisotopic (exact) mass is 314 g/mol. The molecule has 1 aromatic rings. The molecule has 1 fully saturated rings.